The number of carbonyl (C=O) groups is 3. The number of aromatic nitrogens is 1. The van der Waals surface area contributed by atoms with Gasteiger partial charge < -0.3 is 9.84 Å². The van der Waals surface area contributed by atoms with Crippen molar-refractivity contribution >= 4 is 51.5 Å². The summed E-state index contributed by atoms with van der Waals surface area (Å²) in [6.45, 7) is 3.51. The molecule has 7 nitrogen and oxygen atoms in total. The van der Waals surface area contributed by atoms with E-state index < -0.39 is 23.7 Å². The lowest BCUT2D eigenvalue weighted by molar-refractivity contribution is -0.132. The standard InChI is InChI=1S/C24H19ClN2O5S/c1-3-32-23(31)21-13(2)26-24(33-21)27-18(14-9-11-16(25)12-10-14)17(20(29)22(27)30)19(28)15-7-5-4-6-8-15/h4-12,18,28H,3H2,1-2H3/b19-17+/t18-/m0/s1. The van der Waals surface area contributed by atoms with Crippen LogP contribution in [-0.2, 0) is 14.3 Å². The van der Waals surface area contributed by atoms with Crippen molar-refractivity contribution in [1.82, 2.24) is 4.98 Å². The van der Waals surface area contributed by atoms with E-state index in [4.69, 9.17) is 16.3 Å². The van der Waals surface area contributed by atoms with Crippen molar-refractivity contribution in [2.75, 3.05) is 11.5 Å². The van der Waals surface area contributed by atoms with Crippen LogP contribution in [0.3, 0.4) is 0 Å². The molecule has 1 aliphatic rings. The summed E-state index contributed by atoms with van der Waals surface area (Å²) in [4.78, 5) is 44.4. The summed E-state index contributed by atoms with van der Waals surface area (Å²) in [6, 6.07) is 14.2. The number of ether oxygens (including phenoxy) is 1. The number of thiazole rings is 1. The molecule has 2 heterocycles. The number of Topliss-reactive ketones (excluding diaryl/α,β-unsaturated/α-hetero) is 1. The zero-order chi connectivity index (χ0) is 23.7. The number of aliphatic hydroxyl groups is 1. The van der Waals surface area contributed by atoms with Crippen LogP contribution in [0, 0.1) is 6.92 Å². The smallest absolute Gasteiger partial charge is 0.350 e. The molecule has 1 saturated heterocycles. The van der Waals surface area contributed by atoms with E-state index in [-0.39, 0.29) is 27.9 Å². The number of halogens is 1. The minimum absolute atomic E-state index is 0.0703. The van der Waals surface area contributed by atoms with Crippen LogP contribution in [0.4, 0.5) is 5.13 Å². The summed E-state index contributed by atoms with van der Waals surface area (Å²) < 4.78 is 5.07. The second-order valence-electron chi connectivity index (χ2n) is 7.22. The molecule has 0 saturated carbocycles. The number of aryl methyl sites for hydroxylation is 1. The number of nitrogens with zero attached hydrogens (tertiary/aromatic N) is 2. The first kappa shape index (κ1) is 22.7. The van der Waals surface area contributed by atoms with Gasteiger partial charge in [0.15, 0.2) is 5.13 Å². The van der Waals surface area contributed by atoms with Crippen molar-refractivity contribution < 1.29 is 24.2 Å². The Morgan fingerprint density at radius 3 is 2.45 bits per heavy atom. The van der Waals surface area contributed by atoms with Crippen molar-refractivity contribution in [3.63, 3.8) is 0 Å². The molecule has 0 unspecified atom stereocenters. The first-order chi connectivity index (χ1) is 15.8. The van der Waals surface area contributed by atoms with Gasteiger partial charge in [0.1, 0.15) is 10.6 Å². The highest BCUT2D eigenvalue weighted by Gasteiger charge is 2.48. The summed E-state index contributed by atoms with van der Waals surface area (Å²) in [5.74, 6) is -2.55. The molecule has 1 fully saturated rings. The summed E-state index contributed by atoms with van der Waals surface area (Å²) in [5, 5.41) is 11.7. The molecule has 33 heavy (non-hydrogen) atoms. The van der Waals surface area contributed by atoms with Gasteiger partial charge in [-0.1, -0.05) is 65.4 Å². The molecule has 168 valence electrons. The Bertz CT molecular complexity index is 1270. The second-order valence-corrected chi connectivity index (χ2v) is 8.63. The summed E-state index contributed by atoms with van der Waals surface area (Å²) >= 11 is 7.00. The molecule has 1 aromatic heterocycles. The summed E-state index contributed by atoms with van der Waals surface area (Å²) in [5.41, 5.74) is 1.27. The lowest BCUT2D eigenvalue weighted by Gasteiger charge is -2.23. The third kappa shape index (κ3) is 4.15. The van der Waals surface area contributed by atoms with Crippen molar-refractivity contribution in [1.29, 1.82) is 0 Å². The molecule has 4 rings (SSSR count). The van der Waals surface area contributed by atoms with Crippen LogP contribution in [0.5, 0.6) is 0 Å². The molecule has 1 aliphatic heterocycles. The number of benzene rings is 2. The first-order valence-electron chi connectivity index (χ1n) is 10.1. The predicted octanol–water partition coefficient (Wildman–Crippen LogP) is 4.91. The fourth-order valence-electron chi connectivity index (χ4n) is 3.61. The van der Waals surface area contributed by atoms with Gasteiger partial charge in [-0.3, -0.25) is 14.5 Å². The number of esters is 1. The third-order valence-electron chi connectivity index (χ3n) is 5.13. The Labute approximate surface area is 198 Å². The van der Waals surface area contributed by atoms with E-state index in [9.17, 15) is 19.5 Å². The maximum absolute atomic E-state index is 13.2. The molecule has 2 aromatic carbocycles. The average molecular weight is 483 g/mol. The van der Waals surface area contributed by atoms with Gasteiger partial charge in [0.25, 0.3) is 5.78 Å². The van der Waals surface area contributed by atoms with Gasteiger partial charge in [-0.05, 0) is 31.5 Å². The maximum atomic E-state index is 13.2. The van der Waals surface area contributed by atoms with Crippen LogP contribution in [0.25, 0.3) is 5.76 Å². The summed E-state index contributed by atoms with van der Waals surface area (Å²) in [6.07, 6.45) is 0. The Hall–Kier alpha value is -3.49. The zero-order valence-electron chi connectivity index (χ0n) is 17.7. The van der Waals surface area contributed by atoms with Gasteiger partial charge in [-0.25, -0.2) is 9.78 Å². The third-order valence-corrected chi connectivity index (χ3v) is 6.52. The molecular weight excluding hydrogens is 464 g/mol. The van der Waals surface area contributed by atoms with Crippen LogP contribution in [0.2, 0.25) is 5.02 Å². The molecule has 1 atom stereocenters. The Morgan fingerprint density at radius 2 is 1.82 bits per heavy atom. The average Bonchev–Trinajstić information content (AvgIpc) is 3.32. The Kier molecular flexibility index (Phi) is 6.31. The molecule has 0 bridgehead atoms. The van der Waals surface area contributed by atoms with Gasteiger partial charge in [0.05, 0.1) is 23.9 Å². The predicted molar refractivity (Wildman–Crippen MR) is 125 cm³/mol. The van der Waals surface area contributed by atoms with Crippen LogP contribution in [-0.4, -0.2) is 34.4 Å². The maximum Gasteiger partial charge on any atom is 0.350 e. The van der Waals surface area contributed by atoms with Crippen LogP contribution in [0.1, 0.15) is 39.5 Å². The van der Waals surface area contributed by atoms with E-state index in [0.29, 0.717) is 21.8 Å². The number of rotatable bonds is 5. The Balaban J connectivity index is 1.90. The molecule has 9 heteroatoms. The number of aliphatic hydroxyl groups excluding tert-OH is 1. The minimum Gasteiger partial charge on any atom is -0.507 e. The van der Waals surface area contributed by atoms with Gasteiger partial charge >= 0.3 is 11.9 Å². The van der Waals surface area contributed by atoms with Crippen molar-refractivity contribution in [2.45, 2.75) is 19.9 Å². The quantitative estimate of drug-likeness (QED) is 0.240. The highest BCUT2D eigenvalue weighted by molar-refractivity contribution is 7.17. The number of hydrogen-bond acceptors (Lipinski definition) is 7. The number of amides is 1. The van der Waals surface area contributed by atoms with E-state index >= 15 is 0 Å². The first-order valence-corrected chi connectivity index (χ1v) is 11.3. The molecule has 3 aromatic rings. The monoisotopic (exact) mass is 482 g/mol. The van der Waals surface area contributed by atoms with Crippen LogP contribution < -0.4 is 4.90 Å². The van der Waals surface area contributed by atoms with E-state index in [2.05, 4.69) is 4.98 Å². The largest absolute Gasteiger partial charge is 0.507 e. The van der Waals surface area contributed by atoms with E-state index in [1.807, 2.05) is 0 Å². The fourth-order valence-corrected chi connectivity index (χ4v) is 4.73. The SMILES string of the molecule is CCOC(=O)c1sc(N2C(=O)C(=O)/C(=C(/O)c3ccccc3)[C@@H]2c2ccc(Cl)cc2)nc1C. The van der Waals surface area contributed by atoms with Crippen molar-refractivity contribution in [3.8, 4) is 0 Å². The highest BCUT2D eigenvalue weighted by atomic mass is 35.5. The van der Waals surface area contributed by atoms with E-state index in [0.717, 1.165) is 11.3 Å². The number of hydrogen-bond donors (Lipinski definition) is 1. The molecule has 0 spiro atoms. The molecule has 1 amide bonds. The number of carbonyl (C=O) groups excluding carboxylic acids is 3. The highest BCUT2D eigenvalue weighted by Crippen LogP contribution is 2.44. The van der Waals surface area contributed by atoms with Gasteiger partial charge in [-0.2, -0.15) is 0 Å². The van der Waals surface area contributed by atoms with Gasteiger partial charge in [0, 0.05) is 10.6 Å². The lowest BCUT2D eigenvalue weighted by Crippen LogP contribution is -2.29. The van der Waals surface area contributed by atoms with Crippen LogP contribution >= 0.6 is 22.9 Å². The van der Waals surface area contributed by atoms with Gasteiger partial charge in [-0.15, -0.1) is 0 Å². The number of ketones is 1. The fraction of sp³-hybridized carbons (Fsp3) is 0.167. The van der Waals surface area contributed by atoms with Crippen molar-refractivity contribution in [3.05, 3.63) is 86.9 Å². The lowest BCUT2D eigenvalue weighted by atomic mass is 9.95. The van der Waals surface area contributed by atoms with Crippen LogP contribution in [0.15, 0.2) is 60.2 Å². The van der Waals surface area contributed by atoms with E-state index in [1.165, 1.54) is 4.90 Å². The summed E-state index contributed by atoms with van der Waals surface area (Å²) in [7, 11) is 0. The van der Waals surface area contributed by atoms with Gasteiger partial charge in [0.2, 0.25) is 0 Å². The van der Waals surface area contributed by atoms with Crippen molar-refractivity contribution in [2.24, 2.45) is 0 Å². The normalized spacial score (nSPS) is 17.4. The molecule has 0 aliphatic carbocycles. The second kappa shape index (κ2) is 9.17. The molecule has 0 radical (unpaired) electrons. The zero-order valence-corrected chi connectivity index (χ0v) is 19.3. The molecule has 1 N–H and O–H groups in total. The topological polar surface area (TPSA) is 96.8 Å². The minimum atomic E-state index is -0.955. The number of anilines is 1. The van der Waals surface area contributed by atoms with E-state index in [1.54, 1.807) is 68.4 Å². The Morgan fingerprint density at radius 1 is 1.15 bits per heavy atom. The molecular formula is C24H19ClN2O5S.